The Morgan fingerprint density at radius 2 is 1.86 bits per heavy atom. The maximum Gasteiger partial charge on any atom is 0.256 e. The van der Waals surface area contributed by atoms with Crippen LogP contribution in [0.4, 0.5) is 10.1 Å². The molecule has 5 heteroatoms. The van der Waals surface area contributed by atoms with Crippen molar-refractivity contribution < 1.29 is 9.18 Å². The largest absolute Gasteiger partial charge is 0.398 e. The second-order valence-corrected chi connectivity index (χ2v) is 5.31. The highest BCUT2D eigenvalue weighted by molar-refractivity contribution is 6.30. The Labute approximate surface area is 128 Å². The average molecular weight is 307 g/mol. The van der Waals surface area contributed by atoms with Gasteiger partial charge >= 0.3 is 0 Å². The van der Waals surface area contributed by atoms with Crippen molar-refractivity contribution in [1.82, 2.24) is 4.90 Å². The first kappa shape index (κ1) is 15.3. The van der Waals surface area contributed by atoms with Gasteiger partial charge < -0.3 is 10.6 Å². The number of carbonyl (C=O) groups is 1. The van der Waals surface area contributed by atoms with Gasteiger partial charge in [0.05, 0.1) is 11.6 Å². The van der Waals surface area contributed by atoms with Gasteiger partial charge in [0.15, 0.2) is 0 Å². The van der Waals surface area contributed by atoms with Crippen LogP contribution in [-0.4, -0.2) is 17.9 Å². The molecular weight excluding hydrogens is 291 g/mol. The number of anilines is 1. The monoisotopic (exact) mass is 306 g/mol. The van der Waals surface area contributed by atoms with E-state index in [4.69, 9.17) is 17.3 Å². The van der Waals surface area contributed by atoms with Crippen molar-refractivity contribution in [3.8, 4) is 0 Å². The fourth-order valence-electron chi connectivity index (χ4n) is 2.04. The number of amides is 1. The molecule has 1 unspecified atom stereocenters. The first-order valence-electron chi connectivity index (χ1n) is 6.48. The molecule has 2 aromatic rings. The minimum Gasteiger partial charge on any atom is -0.398 e. The molecule has 1 amide bonds. The number of hydrogen-bond donors (Lipinski definition) is 1. The summed E-state index contributed by atoms with van der Waals surface area (Å²) in [7, 11) is 1.66. The quantitative estimate of drug-likeness (QED) is 0.874. The third-order valence-electron chi connectivity index (χ3n) is 3.50. The standard InChI is InChI=1S/C16H16ClFN2O/c1-10(11-3-5-12(17)6-4-11)20(2)16(21)14-9-13(18)7-8-15(14)19/h3-10H,19H2,1-2H3. The van der Waals surface area contributed by atoms with Gasteiger partial charge in [-0.15, -0.1) is 0 Å². The molecule has 0 saturated carbocycles. The van der Waals surface area contributed by atoms with Gasteiger partial charge in [-0.1, -0.05) is 23.7 Å². The van der Waals surface area contributed by atoms with Gasteiger partial charge in [-0.2, -0.15) is 0 Å². The summed E-state index contributed by atoms with van der Waals surface area (Å²) < 4.78 is 13.3. The van der Waals surface area contributed by atoms with Crippen LogP contribution in [-0.2, 0) is 0 Å². The van der Waals surface area contributed by atoms with E-state index in [9.17, 15) is 9.18 Å². The summed E-state index contributed by atoms with van der Waals surface area (Å²) in [5.74, 6) is -0.811. The van der Waals surface area contributed by atoms with Crippen LogP contribution >= 0.6 is 11.6 Å². The molecule has 2 aromatic carbocycles. The topological polar surface area (TPSA) is 46.3 Å². The van der Waals surface area contributed by atoms with Crippen molar-refractivity contribution in [2.75, 3.05) is 12.8 Å². The first-order chi connectivity index (χ1) is 9.90. The molecule has 0 aromatic heterocycles. The molecule has 0 saturated heterocycles. The van der Waals surface area contributed by atoms with Crippen LogP contribution in [0.2, 0.25) is 5.02 Å². The molecule has 0 spiro atoms. The van der Waals surface area contributed by atoms with Crippen molar-refractivity contribution in [1.29, 1.82) is 0 Å². The maximum absolute atomic E-state index is 13.3. The Morgan fingerprint density at radius 3 is 2.48 bits per heavy atom. The van der Waals surface area contributed by atoms with E-state index in [1.54, 1.807) is 19.2 Å². The molecule has 2 rings (SSSR count). The summed E-state index contributed by atoms with van der Waals surface area (Å²) in [5, 5.41) is 0.634. The van der Waals surface area contributed by atoms with Gasteiger partial charge in [0, 0.05) is 17.8 Å². The van der Waals surface area contributed by atoms with Crippen LogP contribution in [0, 0.1) is 5.82 Å². The molecule has 0 aliphatic carbocycles. The predicted molar refractivity (Wildman–Crippen MR) is 82.8 cm³/mol. The van der Waals surface area contributed by atoms with Gasteiger partial charge in [-0.3, -0.25) is 4.79 Å². The highest BCUT2D eigenvalue weighted by atomic mass is 35.5. The molecular formula is C16H16ClFN2O. The molecule has 0 bridgehead atoms. The Morgan fingerprint density at radius 1 is 1.24 bits per heavy atom. The van der Waals surface area contributed by atoms with Gasteiger partial charge in [-0.05, 0) is 42.8 Å². The smallest absolute Gasteiger partial charge is 0.256 e. The van der Waals surface area contributed by atoms with Crippen LogP contribution < -0.4 is 5.73 Å². The normalized spacial score (nSPS) is 12.0. The van der Waals surface area contributed by atoms with Gasteiger partial charge in [0.2, 0.25) is 0 Å². The molecule has 3 nitrogen and oxygen atoms in total. The minimum atomic E-state index is -0.486. The molecule has 0 aliphatic heterocycles. The predicted octanol–water partition coefficient (Wildman–Crippen LogP) is 3.89. The second kappa shape index (κ2) is 6.14. The second-order valence-electron chi connectivity index (χ2n) is 4.88. The van der Waals surface area contributed by atoms with Crippen LogP contribution in [0.3, 0.4) is 0 Å². The summed E-state index contributed by atoms with van der Waals surface area (Å²) >= 11 is 5.85. The highest BCUT2D eigenvalue weighted by Crippen LogP contribution is 2.24. The van der Waals surface area contributed by atoms with Gasteiger partial charge in [0.25, 0.3) is 5.91 Å². The lowest BCUT2D eigenvalue weighted by molar-refractivity contribution is 0.0743. The van der Waals surface area contributed by atoms with Crippen LogP contribution in [0.5, 0.6) is 0 Å². The number of rotatable bonds is 3. The summed E-state index contributed by atoms with van der Waals surface area (Å²) in [6.07, 6.45) is 0. The summed E-state index contributed by atoms with van der Waals surface area (Å²) in [6, 6.07) is 10.8. The van der Waals surface area contributed by atoms with Crippen molar-refractivity contribution in [2.45, 2.75) is 13.0 Å². The van der Waals surface area contributed by atoms with E-state index in [2.05, 4.69) is 0 Å². The Balaban J connectivity index is 2.26. The van der Waals surface area contributed by atoms with Crippen molar-refractivity contribution in [3.63, 3.8) is 0 Å². The number of nitrogens with two attached hydrogens (primary N) is 1. The zero-order chi connectivity index (χ0) is 15.6. The van der Waals surface area contributed by atoms with E-state index in [0.717, 1.165) is 11.6 Å². The third-order valence-corrected chi connectivity index (χ3v) is 3.75. The molecule has 0 heterocycles. The lowest BCUT2D eigenvalue weighted by Crippen LogP contribution is -2.30. The lowest BCUT2D eigenvalue weighted by Gasteiger charge is -2.26. The summed E-state index contributed by atoms with van der Waals surface area (Å²) in [6.45, 7) is 1.89. The molecule has 0 fully saturated rings. The van der Waals surface area contributed by atoms with Crippen LogP contribution in [0.25, 0.3) is 0 Å². The Kier molecular flexibility index (Phi) is 4.48. The van der Waals surface area contributed by atoms with E-state index in [-0.39, 0.29) is 23.2 Å². The van der Waals surface area contributed by atoms with Crippen LogP contribution in [0.15, 0.2) is 42.5 Å². The fraction of sp³-hybridized carbons (Fsp3) is 0.188. The average Bonchev–Trinajstić information content (AvgIpc) is 2.48. The Hall–Kier alpha value is -2.07. The number of hydrogen-bond acceptors (Lipinski definition) is 2. The number of carbonyl (C=O) groups excluding carboxylic acids is 1. The van der Waals surface area contributed by atoms with E-state index in [0.29, 0.717) is 5.02 Å². The van der Waals surface area contributed by atoms with Crippen molar-refractivity contribution >= 4 is 23.2 Å². The van der Waals surface area contributed by atoms with Gasteiger partial charge in [-0.25, -0.2) is 4.39 Å². The number of benzene rings is 2. The third kappa shape index (κ3) is 3.34. The van der Waals surface area contributed by atoms with E-state index in [1.165, 1.54) is 17.0 Å². The number of nitrogen functional groups attached to an aromatic ring is 1. The number of halogens is 2. The fourth-order valence-corrected chi connectivity index (χ4v) is 2.17. The number of nitrogens with zero attached hydrogens (tertiary/aromatic N) is 1. The maximum atomic E-state index is 13.3. The minimum absolute atomic E-state index is 0.165. The molecule has 0 aliphatic rings. The first-order valence-corrected chi connectivity index (χ1v) is 6.85. The van der Waals surface area contributed by atoms with E-state index in [1.807, 2.05) is 19.1 Å². The molecule has 110 valence electrons. The lowest BCUT2D eigenvalue weighted by atomic mass is 10.1. The van der Waals surface area contributed by atoms with Crippen molar-refractivity contribution in [2.24, 2.45) is 0 Å². The molecule has 21 heavy (non-hydrogen) atoms. The highest BCUT2D eigenvalue weighted by Gasteiger charge is 2.21. The molecule has 0 radical (unpaired) electrons. The van der Waals surface area contributed by atoms with Crippen LogP contribution in [0.1, 0.15) is 28.9 Å². The van der Waals surface area contributed by atoms with E-state index < -0.39 is 5.82 Å². The summed E-state index contributed by atoms with van der Waals surface area (Å²) in [4.78, 5) is 14.0. The zero-order valence-electron chi connectivity index (χ0n) is 11.8. The van der Waals surface area contributed by atoms with Crippen molar-refractivity contribution in [3.05, 3.63) is 64.4 Å². The SMILES string of the molecule is CC(c1ccc(Cl)cc1)N(C)C(=O)c1cc(F)ccc1N. The zero-order valence-corrected chi connectivity index (χ0v) is 12.6. The van der Waals surface area contributed by atoms with Gasteiger partial charge in [0.1, 0.15) is 5.82 Å². The molecule has 1 atom stereocenters. The Bertz CT molecular complexity index is 658. The molecule has 2 N–H and O–H groups in total. The van der Waals surface area contributed by atoms with E-state index >= 15 is 0 Å². The summed E-state index contributed by atoms with van der Waals surface area (Å²) in [5.41, 5.74) is 7.12.